The Kier molecular flexibility index (Phi) is 5.72. The fraction of sp³-hybridized carbons (Fsp3) is 0.409. The quantitative estimate of drug-likeness (QED) is 0.660. The van der Waals surface area contributed by atoms with Crippen LogP contribution in [-0.4, -0.2) is 29.8 Å². The molecule has 2 aliphatic rings. The number of rotatable bonds is 4. The van der Waals surface area contributed by atoms with Crippen LogP contribution in [0.25, 0.3) is 0 Å². The van der Waals surface area contributed by atoms with Gasteiger partial charge in [0.15, 0.2) is 0 Å². The van der Waals surface area contributed by atoms with Gasteiger partial charge in [0.05, 0.1) is 5.71 Å². The van der Waals surface area contributed by atoms with Gasteiger partial charge in [0, 0.05) is 28.4 Å². The normalized spacial score (nSPS) is 23.9. The first kappa shape index (κ1) is 18.8. The summed E-state index contributed by atoms with van der Waals surface area (Å²) in [4.78, 5) is 8.40. The van der Waals surface area contributed by atoms with Crippen molar-refractivity contribution in [1.29, 1.82) is 0 Å². The van der Waals surface area contributed by atoms with Gasteiger partial charge < -0.3 is 4.84 Å². The molecule has 2 atom stereocenters. The van der Waals surface area contributed by atoms with E-state index >= 15 is 0 Å². The second kappa shape index (κ2) is 8.22. The largest absolute Gasteiger partial charge is 0.391 e. The van der Waals surface area contributed by atoms with Crippen molar-refractivity contribution in [3.63, 3.8) is 0 Å². The molecule has 0 saturated carbocycles. The number of oxime groups is 1. The van der Waals surface area contributed by atoms with E-state index in [0.717, 1.165) is 53.8 Å². The fourth-order valence-corrected chi connectivity index (χ4v) is 4.42. The fourth-order valence-electron chi connectivity index (χ4n) is 4.17. The summed E-state index contributed by atoms with van der Waals surface area (Å²) in [6, 6.07) is 16.0. The van der Waals surface area contributed by atoms with E-state index in [0.29, 0.717) is 11.8 Å². The summed E-state index contributed by atoms with van der Waals surface area (Å²) < 4.78 is 0. The van der Waals surface area contributed by atoms with Gasteiger partial charge in [-0.25, -0.2) is 0 Å². The lowest BCUT2D eigenvalue weighted by atomic mass is 9.82. The molecule has 27 heavy (non-hydrogen) atoms. The third-order valence-corrected chi connectivity index (χ3v) is 6.26. The molecule has 4 rings (SSSR count). The van der Waals surface area contributed by atoms with Gasteiger partial charge in [-0.1, -0.05) is 59.5 Å². The zero-order valence-corrected chi connectivity index (χ0v) is 17.0. The summed E-state index contributed by atoms with van der Waals surface area (Å²) in [5.41, 5.74) is 3.46. The molecule has 0 spiro atoms. The molecule has 0 aliphatic carbocycles. The van der Waals surface area contributed by atoms with Crippen LogP contribution < -0.4 is 0 Å². The van der Waals surface area contributed by atoms with Crippen molar-refractivity contribution in [2.45, 2.75) is 32.4 Å². The maximum atomic E-state index is 6.00. The number of piperidine rings is 1. The van der Waals surface area contributed by atoms with Gasteiger partial charge in [-0.3, -0.25) is 4.90 Å². The Morgan fingerprint density at radius 3 is 2.19 bits per heavy atom. The summed E-state index contributed by atoms with van der Waals surface area (Å²) in [6.45, 7) is 5.40. The Morgan fingerprint density at radius 2 is 1.56 bits per heavy atom. The molecule has 0 bridgehead atoms. The van der Waals surface area contributed by atoms with Gasteiger partial charge in [-0.15, -0.1) is 0 Å². The minimum atomic E-state index is 0.174. The van der Waals surface area contributed by atoms with E-state index in [1.165, 1.54) is 5.56 Å². The summed E-state index contributed by atoms with van der Waals surface area (Å²) >= 11 is 12.0. The molecular weight excluding hydrogens is 379 g/mol. The second-order valence-electron chi connectivity index (χ2n) is 7.58. The number of likely N-dealkylation sites (tertiary alicyclic amines) is 1. The van der Waals surface area contributed by atoms with Crippen molar-refractivity contribution in [3.05, 3.63) is 69.7 Å². The molecule has 0 N–H and O–H groups in total. The Morgan fingerprint density at radius 1 is 0.963 bits per heavy atom. The molecule has 1 saturated heterocycles. The van der Waals surface area contributed by atoms with Crippen LogP contribution in [-0.2, 0) is 11.4 Å². The SMILES string of the molecule is CC1C(c2ccc(Cl)cc2)=NOC1C1CCN(Cc2ccc(Cl)cc2)CC1. The Balaban J connectivity index is 1.32. The van der Waals surface area contributed by atoms with E-state index in [1.807, 2.05) is 36.4 Å². The van der Waals surface area contributed by atoms with E-state index in [9.17, 15) is 0 Å². The second-order valence-corrected chi connectivity index (χ2v) is 8.46. The molecule has 2 aromatic rings. The van der Waals surface area contributed by atoms with Crippen LogP contribution in [0.15, 0.2) is 53.7 Å². The molecule has 0 radical (unpaired) electrons. The van der Waals surface area contributed by atoms with Crippen LogP contribution in [0, 0.1) is 11.8 Å². The molecule has 0 aromatic heterocycles. The van der Waals surface area contributed by atoms with E-state index in [-0.39, 0.29) is 6.10 Å². The average Bonchev–Trinajstić information content (AvgIpc) is 3.06. The van der Waals surface area contributed by atoms with Gasteiger partial charge >= 0.3 is 0 Å². The number of nitrogens with zero attached hydrogens (tertiary/aromatic N) is 2. The molecule has 142 valence electrons. The highest BCUT2D eigenvalue weighted by atomic mass is 35.5. The van der Waals surface area contributed by atoms with Crippen LogP contribution in [0.2, 0.25) is 10.0 Å². The standard InChI is InChI=1S/C22H24Cl2N2O/c1-15-21(17-4-8-20(24)9-5-17)25-27-22(15)18-10-12-26(13-11-18)14-16-2-6-19(23)7-3-16/h2-9,15,18,22H,10-14H2,1H3. The van der Waals surface area contributed by atoms with E-state index in [4.69, 9.17) is 28.0 Å². The van der Waals surface area contributed by atoms with Gasteiger partial charge in [0.1, 0.15) is 6.10 Å². The van der Waals surface area contributed by atoms with Crippen molar-refractivity contribution >= 4 is 28.9 Å². The molecule has 2 unspecified atom stereocenters. The van der Waals surface area contributed by atoms with Crippen LogP contribution in [0.4, 0.5) is 0 Å². The van der Waals surface area contributed by atoms with E-state index in [2.05, 4.69) is 29.1 Å². The van der Waals surface area contributed by atoms with Crippen molar-refractivity contribution in [1.82, 2.24) is 4.90 Å². The highest BCUT2D eigenvalue weighted by Gasteiger charge is 2.38. The topological polar surface area (TPSA) is 24.8 Å². The summed E-state index contributed by atoms with van der Waals surface area (Å²) in [5, 5.41) is 5.95. The first-order chi connectivity index (χ1) is 13.1. The van der Waals surface area contributed by atoms with Crippen LogP contribution >= 0.6 is 23.2 Å². The third kappa shape index (κ3) is 4.31. The highest BCUT2D eigenvalue weighted by molar-refractivity contribution is 6.30. The molecule has 0 amide bonds. The van der Waals surface area contributed by atoms with Gasteiger partial charge in [-0.2, -0.15) is 0 Å². The third-order valence-electron chi connectivity index (χ3n) is 5.75. The molecule has 2 aliphatic heterocycles. The minimum absolute atomic E-state index is 0.174. The summed E-state index contributed by atoms with van der Waals surface area (Å²) in [6.07, 6.45) is 2.46. The minimum Gasteiger partial charge on any atom is -0.391 e. The Labute approximate surface area is 170 Å². The zero-order chi connectivity index (χ0) is 18.8. The van der Waals surface area contributed by atoms with E-state index < -0.39 is 0 Å². The van der Waals surface area contributed by atoms with Crippen LogP contribution in [0.1, 0.15) is 30.9 Å². The van der Waals surface area contributed by atoms with Crippen molar-refractivity contribution in [2.24, 2.45) is 17.0 Å². The smallest absolute Gasteiger partial charge is 0.138 e. The maximum absolute atomic E-state index is 6.00. The predicted octanol–water partition coefficient (Wildman–Crippen LogP) is 5.64. The number of hydrogen-bond acceptors (Lipinski definition) is 3. The van der Waals surface area contributed by atoms with Gasteiger partial charge in [0.2, 0.25) is 0 Å². The summed E-state index contributed by atoms with van der Waals surface area (Å²) in [5.74, 6) is 0.856. The van der Waals surface area contributed by atoms with Gasteiger partial charge in [0.25, 0.3) is 0 Å². The number of halogens is 2. The van der Waals surface area contributed by atoms with Crippen molar-refractivity contribution in [2.75, 3.05) is 13.1 Å². The van der Waals surface area contributed by atoms with Gasteiger partial charge in [-0.05, 0) is 61.3 Å². The lowest BCUT2D eigenvalue weighted by molar-refractivity contribution is -0.00439. The van der Waals surface area contributed by atoms with E-state index in [1.54, 1.807) is 0 Å². The molecule has 2 aromatic carbocycles. The highest BCUT2D eigenvalue weighted by Crippen LogP contribution is 2.34. The lowest BCUT2D eigenvalue weighted by Crippen LogP contribution is -2.39. The monoisotopic (exact) mass is 402 g/mol. The molecule has 2 heterocycles. The first-order valence-electron chi connectivity index (χ1n) is 9.56. The Hall–Kier alpha value is -1.55. The van der Waals surface area contributed by atoms with Crippen molar-refractivity contribution < 1.29 is 4.84 Å². The lowest BCUT2D eigenvalue weighted by Gasteiger charge is -2.35. The zero-order valence-electron chi connectivity index (χ0n) is 15.4. The molecule has 3 nitrogen and oxygen atoms in total. The molecular formula is C22H24Cl2N2O. The predicted molar refractivity (Wildman–Crippen MR) is 111 cm³/mol. The Bertz CT molecular complexity index is 796. The van der Waals surface area contributed by atoms with Crippen molar-refractivity contribution in [3.8, 4) is 0 Å². The number of hydrogen-bond donors (Lipinski definition) is 0. The maximum Gasteiger partial charge on any atom is 0.138 e. The van der Waals surface area contributed by atoms with Crippen LogP contribution in [0.3, 0.4) is 0 Å². The summed E-state index contributed by atoms with van der Waals surface area (Å²) in [7, 11) is 0. The number of benzene rings is 2. The molecule has 5 heteroatoms. The average molecular weight is 403 g/mol. The molecule has 1 fully saturated rings. The first-order valence-corrected chi connectivity index (χ1v) is 10.3. The van der Waals surface area contributed by atoms with Crippen LogP contribution in [0.5, 0.6) is 0 Å².